The molecular formula is C12H25NO3. The molecule has 0 aliphatic carbocycles. The van der Waals surface area contributed by atoms with Crippen molar-refractivity contribution < 1.29 is 14.6 Å². The van der Waals surface area contributed by atoms with Crippen LogP contribution in [0.2, 0.25) is 0 Å². The highest BCUT2D eigenvalue weighted by Crippen LogP contribution is 2.21. The minimum Gasteiger partial charge on any atom is -0.480 e. The minimum atomic E-state index is -0.790. The lowest BCUT2D eigenvalue weighted by Gasteiger charge is -2.33. The lowest BCUT2D eigenvalue weighted by molar-refractivity contribution is -0.146. The highest BCUT2D eigenvalue weighted by Gasteiger charge is 2.37. The van der Waals surface area contributed by atoms with Crippen LogP contribution in [-0.2, 0) is 9.53 Å². The van der Waals surface area contributed by atoms with Gasteiger partial charge in [0.1, 0.15) is 5.54 Å². The zero-order chi connectivity index (χ0) is 12.6. The monoisotopic (exact) mass is 231 g/mol. The van der Waals surface area contributed by atoms with Crippen molar-refractivity contribution in [3.63, 3.8) is 0 Å². The maximum Gasteiger partial charge on any atom is 0.323 e. The van der Waals surface area contributed by atoms with E-state index in [1.807, 2.05) is 20.8 Å². The van der Waals surface area contributed by atoms with Crippen molar-refractivity contribution in [2.45, 2.75) is 58.0 Å². The fraction of sp³-hybridized carbons (Fsp3) is 0.917. The number of hydrogen-bond acceptors (Lipinski definition) is 3. The molecule has 96 valence electrons. The Balaban J connectivity index is 4.66. The summed E-state index contributed by atoms with van der Waals surface area (Å²) in [5.41, 5.74) is -0.790. The van der Waals surface area contributed by atoms with Gasteiger partial charge in [0.05, 0.1) is 6.61 Å². The third kappa shape index (κ3) is 4.49. The summed E-state index contributed by atoms with van der Waals surface area (Å²) in [7, 11) is 1.63. The Morgan fingerprint density at radius 1 is 1.38 bits per heavy atom. The summed E-state index contributed by atoms with van der Waals surface area (Å²) in [5, 5.41) is 12.6. The van der Waals surface area contributed by atoms with E-state index >= 15 is 0 Å². The number of carbonyl (C=O) groups is 1. The quantitative estimate of drug-likeness (QED) is 0.637. The van der Waals surface area contributed by atoms with Crippen molar-refractivity contribution >= 4 is 5.97 Å². The van der Waals surface area contributed by atoms with Crippen molar-refractivity contribution in [3.8, 4) is 0 Å². The van der Waals surface area contributed by atoms with Crippen molar-refractivity contribution in [2.75, 3.05) is 13.7 Å². The number of ether oxygens (including phenoxy) is 1. The van der Waals surface area contributed by atoms with Crippen LogP contribution in [-0.4, -0.2) is 36.4 Å². The van der Waals surface area contributed by atoms with E-state index in [0.717, 1.165) is 12.8 Å². The van der Waals surface area contributed by atoms with Gasteiger partial charge in [-0.15, -0.1) is 0 Å². The van der Waals surface area contributed by atoms with Gasteiger partial charge >= 0.3 is 5.97 Å². The largest absolute Gasteiger partial charge is 0.480 e. The van der Waals surface area contributed by atoms with Crippen LogP contribution in [0.3, 0.4) is 0 Å². The van der Waals surface area contributed by atoms with Crippen LogP contribution in [0.25, 0.3) is 0 Å². The molecule has 4 heteroatoms. The fourth-order valence-corrected chi connectivity index (χ4v) is 2.16. The third-order valence-corrected chi connectivity index (χ3v) is 2.70. The van der Waals surface area contributed by atoms with Crippen LogP contribution in [0.5, 0.6) is 0 Å². The van der Waals surface area contributed by atoms with Gasteiger partial charge in [-0.1, -0.05) is 26.7 Å². The molecule has 0 amide bonds. The zero-order valence-corrected chi connectivity index (χ0v) is 10.9. The van der Waals surface area contributed by atoms with Crippen LogP contribution >= 0.6 is 0 Å². The average Bonchev–Trinajstić information content (AvgIpc) is 2.18. The van der Waals surface area contributed by atoms with E-state index in [2.05, 4.69) is 5.32 Å². The summed E-state index contributed by atoms with van der Waals surface area (Å²) in [6.07, 6.45) is 3.03. The first-order valence-corrected chi connectivity index (χ1v) is 6.02. The van der Waals surface area contributed by atoms with Gasteiger partial charge in [-0.3, -0.25) is 10.1 Å². The molecule has 0 aliphatic heterocycles. The summed E-state index contributed by atoms with van der Waals surface area (Å²) in [5.74, 6) is -0.751. The molecule has 0 spiro atoms. The lowest BCUT2D eigenvalue weighted by Crippen LogP contribution is -2.56. The summed E-state index contributed by atoms with van der Waals surface area (Å²) < 4.78 is 5.03. The van der Waals surface area contributed by atoms with Crippen LogP contribution in [0.15, 0.2) is 0 Å². The van der Waals surface area contributed by atoms with E-state index in [1.165, 1.54) is 0 Å². The Morgan fingerprint density at radius 2 is 1.88 bits per heavy atom. The average molecular weight is 231 g/mol. The van der Waals surface area contributed by atoms with Gasteiger partial charge in [0.15, 0.2) is 0 Å². The van der Waals surface area contributed by atoms with Gasteiger partial charge in [0, 0.05) is 13.2 Å². The molecule has 0 aromatic heterocycles. The van der Waals surface area contributed by atoms with Gasteiger partial charge in [-0.25, -0.2) is 0 Å². The normalized spacial score (nSPS) is 13.8. The van der Waals surface area contributed by atoms with E-state index in [9.17, 15) is 9.90 Å². The van der Waals surface area contributed by atoms with E-state index in [0.29, 0.717) is 19.4 Å². The lowest BCUT2D eigenvalue weighted by atomic mass is 9.88. The molecule has 0 saturated carbocycles. The smallest absolute Gasteiger partial charge is 0.323 e. The molecule has 0 aromatic rings. The van der Waals surface area contributed by atoms with Crippen LogP contribution < -0.4 is 5.32 Å². The summed E-state index contributed by atoms with van der Waals surface area (Å²) >= 11 is 0. The second-order valence-electron chi connectivity index (χ2n) is 4.39. The molecule has 4 nitrogen and oxygen atoms in total. The van der Waals surface area contributed by atoms with Crippen molar-refractivity contribution in [1.29, 1.82) is 0 Å². The topological polar surface area (TPSA) is 58.6 Å². The minimum absolute atomic E-state index is 0.0548. The maximum atomic E-state index is 11.4. The molecule has 16 heavy (non-hydrogen) atoms. The van der Waals surface area contributed by atoms with Gasteiger partial charge < -0.3 is 9.84 Å². The van der Waals surface area contributed by atoms with Gasteiger partial charge in [-0.2, -0.15) is 0 Å². The predicted octanol–water partition coefficient (Wildman–Crippen LogP) is 2.03. The highest BCUT2D eigenvalue weighted by atomic mass is 16.5. The van der Waals surface area contributed by atoms with Gasteiger partial charge in [0.25, 0.3) is 0 Å². The number of hydrogen-bond donors (Lipinski definition) is 2. The van der Waals surface area contributed by atoms with E-state index < -0.39 is 11.5 Å². The van der Waals surface area contributed by atoms with Gasteiger partial charge in [0.2, 0.25) is 0 Å². The molecule has 0 aromatic carbocycles. The van der Waals surface area contributed by atoms with Crippen molar-refractivity contribution in [3.05, 3.63) is 0 Å². The summed E-state index contributed by atoms with van der Waals surface area (Å²) in [6, 6.07) is 0.0548. The van der Waals surface area contributed by atoms with Crippen LogP contribution in [0, 0.1) is 0 Å². The molecule has 1 unspecified atom stereocenters. The van der Waals surface area contributed by atoms with Gasteiger partial charge in [-0.05, 0) is 19.8 Å². The molecular weight excluding hydrogens is 206 g/mol. The van der Waals surface area contributed by atoms with Crippen LogP contribution in [0.1, 0.15) is 46.5 Å². The van der Waals surface area contributed by atoms with Crippen LogP contribution in [0.4, 0.5) is 0 Å². The Kier molecular flexibility index (Phi) is 7.34. The SMILES string of the molecule is CCCC(CCC)(NC(C)COC)C(=O)O. The standard InChI is InChI=1S/C12H25NO3/c1-5-7-12(8-6-2,11(14)15)13-10(3)9-16-4/h10,13H,5-9H2,1-4H3,(H,14,15). The Hall–Kier alpha value is -0.610. The Morgan fingerprint density at radius 3 is 2.19 bits per heavy atom. The molecule has 1 atom stereocenters. The molecule has 0 fully saturated rings. The number of methoxy groups -OCH3 is 1. The predicted molar refractivity (Wildman–Crippen MR) is 64.7 cm³/mol. The summed E-state index contributed by atoms with van der Waals surface area (Å²) in [4.78, 5) is 11.4. The van der Waals surface area contributed by atoms with Crippen molar-refractivity contribution in [1.82, 2.24) is 5.32 Å². The molecule has 0 aliphatic rings. The number of carboxylic acid groups (broad SMARTS) is 1. The molecule has 2 N–H and O–H groups in total. The number of nitrogens with one attached hydrogen (secondary N) is 1. The van der Waals surface area contributed by atoms with E-state index in [4.69, 9.17) is 4.74 Å². The molecule has 0 saturated heterocycles. The maximum absolute atomic E-state index is 11.4. The zero-order valence-electron chi connectivity index (χ0n) is 10.9. The first-order chi connectivity index (χ1) is 7.52. The molecule has 0 rings (SSSR count). The first-order valence-electron chi connectivity index (χ1n) is 6.02. The number of aliphatic carboxylic acids is 1. The number of rotatable bonds is 9. The summed E-state index contributed by atoms with van der Waals surface area (Å²) in [6.45, 7) is 6.50. The van der Waals surface area contributed by atoms with E-state index in [1.54, 1.807) is 7.11 Å². The van der Waals surface area contributed by atoms with E-state index in [-0.39, 0.29) is 6.04 Å². The van der Waals surface area contributed by atoms with Crippen molar-refractivity contribution in [2.24, 2.45) is 0 Å². The number of carboxylic acids is 1. The Bertz CT molecular complexity index is 200. The second-order valence-corrected chi connectivity index (χ2v) is 4.39. The Labute approximate surface area is 98.4 Å². The second kappa shape index (κ2) is 7.63. The first kappa shape index (κ1) is 15.4. The molecule has 0 radical (unpaired) electrons. The highest BCUT2D eigenvalue weighted by molar-refractivity contribution is 5.78. The third-order valence-electron chi connectivity index (χ3n) is 2.70. The fourth-order valence-electron chi connectivity index (χ4n) is 2.16. The molecule has 0 heterocycles. The molecule has 0 bridgehead atoms.